The number of hydrogen-bond donors (Lipinski definition) is 1. The number of piperidine rings is 3. The van der Waals surface area contributed by atoms with Gasteiger partial charge in [-0.05, 0) is 19.4 Å². The van der Waals surface area contributed by atoms with Gasteiger partial charge < -0.3 is 5.11 Å². The van der Waals surface area contributed by atoms with Crippen molar-refractivity contribution in [3.8, 4) is 0 Å². The SMILES string of the molecule is O=C1CN2CC[C@H]1C[C@H]2CO. The minimum Gasteiger partial charge on any atom is -0.395 e. The van der Waals surface area contributed by atoms with Crippen LogP contribution in [-0.4, -0.2) is 41.5 Å². The van der Waals surface area contributed by atoms with E-state index in [1.165, 1.54) is 0 Å². The molecule has 3 atom stereocenters. The third-order valence-corrected chi connectivity index (χ3v) is 2.86. The Kier molecular flexibility index (Phi) is 1.69. The van der Waals surface area contributed by atoms with E-state index in [2.05, 4.69) is 4.90 Å². The molecule has 1 unspecified atom stereocenters. The van der Waals surface area contributed by atoms with E-state index < -0.39 is 0 Å². The van der Waals surface area contributed by atoms with Crippen LogP contribution < -0.4 is 0 Å². The van der Waals surface area contributed by atoms with Crippen LogP contribution in [0.4, 0.5) is 0 Å². The lowest BCUT2D eigenvalue weighted by molar-refractivity contribution is -0.134. The summed E-state index contributed by atoms with van der Waals surface area (Å²) in [5.74, 6) is 0.637. The molecule has 2 bridgehead atoms. The molecule has 3 nitrogen and oxygen atoms in total. The van der Waals surface area contributed by atoms with Gasteiger partial charge in [0.2, 0.25) is 0 Å². The highest BCUT2D eigenvalue weighted by atomic mass is 16.3. The highest BCUT2D eigenvalue weighted by Gasteiger charge is 2.38. The normalized spacial score (nSPS) is 43.0. The van der Waals surface area contributed by atoms with Gasteiger partial charge in [0.1, 0.15) is 5.78 Å². The number of nitrogens with zero attached hydrogens (tertiary/aromatic N) is 1. The monoisotopic (exact) mass is 155 g/mol. The second kappa shape index (κ2) is 2.57. The van der Waals surface area contributed by atoms with E-state index in [4.69, 9.17) is 5.11 Å². The molecule has 0 aromatic carbocycles. The molecular formula is C8H13NO2. The minimum absolute atomic E-state index is 0.212. The third-order valence-electron chi connectivity index (χ3n) is 2.86. The number of rotatable bonds is 1. The Balaban J connectivity index is 2.10. The number of fused-ring (bicyclic) bond motifs is 3. The molecule has 0 saturated carbocycles. The van der Waals surface area contributed by atoms with Crippen LogP contribution >= 0.6 is 0 Å². The van der Waals surface area contributed by atoms with Gasteiger partial charge in [-0.2, -0.15) is 0 Å². The Hall–Kier alpha value is -0.410. The third kappa shape index (κ3) is 1.08. The van der Waals surface area contributed by atoms with Crippen LogP contribution in [0.15, 0.2) is 0 Å². The van der Waals surface area contributed by atoms with Crippen molar-refractivity contribution in [1.29, 1.82) is 0 Å². The molecule has 3 aliphatic heterocycles. The van der Waals surface area contributed by atoms with Gasteiger partial charge in [0, 0.05) is 12.0 Å². The van der Waals surface area contributed by atoms with Gasteiger partial charge in [-0.3, -0.25) is 9.69 Å². The highest BCUT2D eigenvalue weighted by Crippen LogP contribution is 2.28. The fourth-order valence-corrected chi connectivity index (χ4v) is 2.12. The molecule has 0 spiro atoms. The zero-order valence-corrected chi connectivity index (χ0v) is 6.49. The standard InChI is InChI=1S/C8H13NO2/c10-5-7-3-6-1-2-9(7)4-8(6)11/h6-7,10H,1-5H2/t6-,7-/m0/s1. The zero-order chi connectivity index (χ0) is 7.84. The molecule has 0 aromatic heterocycles. The van der Waals surface area contributed by atoms with Crippen molar-refractivity contribution in [2.24, 2.45) is 5.92 Å². The number of aliphatic hydroxyl groups excluding tert-OH is 1. The van der Waals surface area contributed by atoms with E-state index in [1.54, 1.807) is 0 Å². The molecule has 3 saturated heterocycles. The summed E-state index contributed by atoms with van der Waals surface area (Å²) in [4.78, 5) is 13.3. The van der Waals surface area contributed by atoms with Gasteiger partial charge in [0.25, 0.3) is 0 Å². The molecule has 62 valence electrons. The lowest BCUT2D eigenvalue weighted by atomic mass is 9.83. The molecule has 0 amide bonds. The molecule has 3 rings (SSSR count). The van der Waals surface area contributed by atoms with Crippen molar-refractivity contribution in [3.63, 3.8) is 0 Å². The van der Waals surface area contributed by atoms with E-state index >= 15 is 0 Å². The van der Waals surface area contributed by atoms with Gasteiger partial charge in [-0.1, -0.05) is 0 Å². The molecule has 0 aromatic rings. The first kappa shape index (κ1) is 7.25. The number of hydrogen-bond acceptors (Lipinski definition) is 3. The average Bonchev–Trinajstić information content (AvgIpc) is 2.05. The lowest BCUT2D eigenvalue weighted by Gasteiger charge is -2.43. The van der Waals surface area contributed by atoms with Crippen molar-refractivity contribution >= 4 is 5.78 Å². The van der Waals surface area contributed by atoms with E-state index in [9.17, 15) is 4.79 Å². The van der Waals surface area contributed by atoms with Crippen LogP contribution in [0.2, 0.25) is 0 Å². The maximum atomic E-state index is 11.2. The molecule has 0 radical (unpaired) electrons. The smallest absolute Gasteiger partial charge is 0.150 e. The van der Waals surface area contributed by atoms with E-state index in [-0.39, 0.29) is 18.6 Å². The molecule has 3 heteroatoms. The molecular weight excluding hydrogens is 142 g/mol. The topological polar surface area (TPSA) is 40.5 Å². The maximum absolute atomic E-state index is 11.2. The van der Waals surface area contributed by atoms with E-state index in [0.29, 0.717) is 12.3 Å². The lowest BCUT2D eigenvalue weighted by Crippen LogP contribution is -2.54. The number of ketones is 1. The van der Waals surface area contributed by atoms with Gasteiger partial charge in [-0.15, -0.1) is 0 Å². The second-order valence-electron chi connectivity index (χ2n) is 3.49. The maximum Gasteiger partial charge on any atom is 0.150 e. The van der Waals surface area contributed by atoms with Gasteiger partial charge in [0.05, 0.1) is 13.2 Å². The Morgan fingerprint density at radius 3 is 2.91 bits per heavy atom. The molecule has 11 heavy (non-hydrogen) atoms. The predicted molar refractivity (Wildman–Crippen MR) is 40.2 cm³/mol. The summed E-state index contributed by atoms with van der Waals surface area (Å²) < 4.78 is 0. The van der Waals surface area contributed by atoms with Crippen molar-refractivity contribution in [2.75, 3.05) is 19.7 Å². The van der Waals surface area contributed by atoms with Crippen LogP contribution in [0.1, 0.15) is 12.8 Å². The second-order valence-corrected chi connectivity index (χ2v) is 3.49. The first-order chi connectivity index (χ1) is 5.31. The first-order valence-corrected chi connectivity index (χ1v) is 4.19. The highest BCUT2D eigenvalue weighted by molar-refractivity contribution is 5.84. The van der Waals surface area contributed by atoms with E-state index in [1.807, 2.05) is 0 Å². The van der Waals surface area contributed by atoms with Crippen LogP contribution in [-0.2, 0) is 4.79 Å². The molecule has 3 aliphatic rings. The molecule has 1 N–H and O–H groups in total. The summed E-state index contributed by atoms with van der Waals surface area (Å²) in [6, 6.07) is 0.270. The van der Waals surface area contributed by atoms with Crippen LogP contribution in [0.5, 0.6) is 0 Å². The molecule has 0 aliphatic carbocycles. The van der Waals surface area contributed by atoms with Gasteiger partial charge >= 0.3 is 0 Å². The Morgan fingerprint density at radius 2 is 2.45 bits per heavy atom. The van der Waals surface area contributed by atoms with Crippen molar-refractivity contribution in [2.45, 2.75) is 18.9 Å². The average molecular weight is 155 g/mol. The minimum atomic E-state index is 0.212. The van der Waals surface area contributed by atoms with Crippen LogP contribution in [0, 0.1) is 5.92 Å². The Bertz CT molecular complexity index is 181. The Labute approximate surface area is 66.0 Å². The van der Waals surface area contributed by atoms with Gasteiger partial charge in [0.15, 0.2) is 0 Å². The van der Waals surface area contributed by atoms with Crippen LogP contribution in [0.25, 0.3) is 0 Å². The zero-order valence-electron chi connectivity index (χ0n) is 6.49. The number of carbonyl (C=O) groups is 1. The molecule has 3 fully saturated rings. The summed E-state index contributed by atoms with van der Waals surface area (Å²) in [7, 11) is 0. The quantitative estimate of drug-likeness (QED) is 0.562. The van der Waals surface area contributed by atoms with E-state index in [0.717, 1.165) is 19.4 Å². The predicted octanol–water partition coefficient (Wildman–Crippen LogP) is -0.358. The number of Topliss-reactive ketones (excluding diaryl/α,β-unsaturated/α-hetero) is 1. The summed E-state index contributed by atoms with van der Waals surface area (Å²) in [5.41, 5.74) is 0. The summed E-state index contributed by atoms with van der Waals surface area (Å²) in [5, 5.41) is 8.95. The Morgan fingerprint density at radius 1 is 1.64 bits per heavy atom. The first-order valence-electron chi connectivity index (χ1n) is 4.19. The number of aliphatic hydroxyl groups is 1. The summed E-state index contributed by atoms with van der Waals surface area (Å²) in [6.07, 6.45) is 1.89. The number of carbonyl (C=O) groups excluding carboxylic acids is 1. The fourth-order valence-electron chi connectivity index (χ4n) is 2.12. The van der Waals surface area contributed by atoms with Crippen molar-refractivity contribution in [1.82, 2.24) is 4.90 Å². The van der Waals surface area contributed by atoms with Gasteiger partial charge in [-0.25, -0.2) is 0 Å². The summed E-state index contributed by atoms with van der Waals surface area (Å²) in [6.45, 7) is 1.79. The van der Waals surface area contributed by atoms with Crippen LogP contribution in [0.3, 0.4) is 0 Å². The molecule has 3 heterocycles. The summed E-state index contributed by atoms with van der Waals surface area (Å²) >= 11 is 0. The van der Waals surface area contributed by atoms with Crippen molar-refractivity contribution < 1.29 is 9.90 Å². The van der Waals surface area contributed by atoms with Crippen molar-refractivity contribution in [3.05, 3.63) is 0 Å². The fraction of sp³-hybridized carbons (Fsp3) is 0.875. The largest absolute Gasteiger partial charge is 0.395 e.